The van der Waals surface area contributed by atoms with E-state index in [0.717, 1.165) is 19.4 Å². The Morgan fingerprint density at radius 3 is 2.67 bits per heavy atom. The van der Waals surface area contributed by atoms with Crippen molar-refractivity contribution in [1.29, 1.82) is 0 Å². The predicted molar refractivity (Wildman–Crippen MR) is 68.5 cm³/mol. The lowest BCUT2D eigenvalue weighted by Gasteiger charge is -2.31. The normalized spacial score (nSPS) is 21.0. The lowest BCUT2D eigenvalue weighted by Crippen LogP contribution is -2.57. The SMILES string of the molecule is CCC(CC)(NC(=O)CC1CCCO1)/C(N)=N/O. The molecular formula is C12H23N3O3. The first-order valence-electron chi connectivity index (χ1n) is 6.48. The maximum atomic E-state index is 12.0. The van der Waals surface area contributed by atoms with Crippen LogP contribution in [-0.4, -0.2) is 35.2 Å². The Kier molecular flexibility index (Phi) is 5.40. The summed E-state index contributed by atoms with van der Waals surface area (Å²) in [6.07, 6.45) is 3.42. The summed E-state index contributed by atoms with van der Waals surface area (Å²) < 4.78 is 5.42. The zero-order valence-electron chi connectivity index (χ0n) is 11.1. The number of nitrogens with two attached hydrogens (primary N) is 1. The Balaban J connectivity index is 2.62. The van der Waals surface area contributed by atoms with Crippen molar-refractivity contribution in [2.75, 3.05) is 6.61 Å². The van der Waals surface area contributed by atoms with Gasteiger partial charge >= 0.3 is 0 Å². The van der Waals surface area contributed by atoms with Crippen LogP contribution in [0, 0.1) is 0 Å². The van der Waals surface area contributed by atoms with E-state index in [-0.39, 0.29) is 17.8 Å². The molecule has 1 aliphatic rings. The molecule has 0 radical (unpaired) electrons. The van der Waals surface area contributed by atoms with E-state index < -0.39 is 5.54 Å². The third-order valence-electron chi connectivity index (χ3n) is 3.62. The number of carbonyl (C=O) groups excluding carboxylic acids is 1. The molecule has 1 amide bonds. The van der Waals surface area contributed by atoms with Crippen LogP contribution in [0.25, 0.3) is 0 Å². The summed E-state index contributed by atoms with van der Waals surface area (Å²) in [5.41, 5.74) is 4.92. The zero-order valence-corrected chi connectivity index (χ0v) is 11.1. The highest BCUT2D eigenvalue weighted by Gasteiger charge is 2.34. The van der Waals surface area contributed by atoms with E-state index in [1.54, 1.807) is 0 Å². The van der Waals surface area contributed by atoms with Gasteiger partial charge < -0.3 is 21.0 Å². The second-order valence-corrected chi connectivity index (χ2v) is 4.66. The van der Waals surface area contributed by atoms with Crippen LogP contribution in [-0.2, 0) is 9.53 Å². The number of nitrogens with zero attached hydrogens (tertiary/aromatic N) is 1. The number of amidine groups is 1. The van der Waals surface area contributed by atoms with E-state index in [1.165, 1.54) is 0 Å². The molecular weight excluding hydrogens is 234 g/mol. The maximum absolute atomic E-state index is 12.0. The van der Waals surface area contributed by atoms with Gasteiger partial charge in [-0.15, -0.1) is 0 Å². The summed E-state index contributed by atoms with van der Waals surface area (Å²) in [7, 11) is 0. The van der Waals surface area contributed by atoms with E-state index in [0.29, 0.717) is 19.3 Å². The molecule has 0 aromatic rings. The largest absolute Gasteiger partial charge is 0.409 e. The fourth-order valence-electron chi connectivity index (χ4n) is 2.28. The molecule has 0 aromatic heterocycles. The topological polar surface area (TPSA) is 96.9 Å². The molecule has 1 fully saturated rings. The van der Waals surface area contributed by atoms with E-state index in [4.69, 9.17) is 15.7 Å². The van der Waals surface area contributed by atoms with Gasteiger partial charge in [-0.1, -0.05) is 19.0 Å². The number of ether oxygens (including phenoxy) is 1. The van der Waals surface area contributed by atoms with Crippen LogP contribution in [0.1, 0.15) is 46.0 Å². The average molecular weight is 257 g/mol. The monoisotopic (exact) mass is 257 g/mol. The van der Waals surface area contributed by atoms with Gasteiger partial charge in [-0.3, -0.25) is 4.79 Å². The fourth-order valence-corrected chi connectivity index (χ4v) is 2.28. The van der Waals surface area contributed by atoms with Gasteiger partial charge in [0.05, 0.1) is 12.5 Å². The molecule has 1 heterocycles. The number of nitrogens with one attached hydrogen (secondary N) is 1. The highest BCUT2D eigenvalue weighted by molar-refractivity contribution is 5.93. The van der Waals surface area contributed by atoms with Crippen molar-refractivity contribution in [3.8, 4) is 0 Å². The molecule has 0 bridgehead atoms. The summed E-state index contributed by atoms with van der Waals surface area (Å²) in [6.45, 7) is 4.52. The van der Waals surface area contributed by atoms with Crippen molar-refractivity contribution in [2.24, 2.45) is 10.9 Å². The third kappa shape index (κ3) is 3.35. The summed E-state index contributed by atoms with van der Waals surface area (Å²) in [4.78, 5) is 12.0. The number of rotatable bonds is 6. The molecule has 1 saturated heterocycles. The Hall–Kier alpha value is -1.30. The third-order valence-corrected chi connectivity index (χ3v) is 3.62. The summed E-state index contributed by atoms with van der Waals surface area (Å²) in [5, 5.41) is 14.7. The summed E-state index contributed by atoms with van der Waals surface area (Å²) in [6, 6.07) is 0. The number of amides is 1. The lowest BCUT2D eigenvalue weighted by atomic mass is 9.91. The average Bonchev–Trinajstić information content (AvgIpc) is 2.87. The number of oxime groups is 1. The first-order chi connectivity index (χ1) is 8.57. The summed E-state index contributed by atoms with van der Waals surface area (Å²) >= 11 is 0. The van der Waals surface area contributed by atoms with Crippen molar-refractivity contribution < 1.29 is 14.7 Å². The quantitative estimate of drug-likeness (QED) is 0.286. The number of carbonyl (C=O) groups is 1. The summed E-state index contributed by atoms with van der Waals surface area (Å²) in [5.74, 6) is -0.0645. The first kappa shape index (κ1) is 14.8. The Labute approximate surface area is 108 Å². The van der Waals surface area contributed by atoms with Gasteiger partial charge in [0.1, 0.15) is 5.54 Å². The molecule has 0 aliphatic carbocycles. The van der Waals surface area contributed by atoms with Gasteiger partial charge in [-0.05, 0) is 25.7 Å². The van der Waals surface area contributed by atoms with Crippen LogP contribution < -0.4 is 11.1 Å². The van der Waals surface area contributed by atoms with Gasteiger partial charge in [-0.25, -0.2) is 0 Å². The van der Waals surface area contributed by atoms with E-state index in [9.17, 15) is 4.79 Å². The molecule has 6 nitrogen and oxygen atoms in total. The van der Waals surface area contributed by atoms with Gasteiger partial charge in [0.15, 0.2) is 5.84 Å². The van der Waals surface area contributed by atoms with Crippen LogP contribution in [0.15, 0.2) is 5.16 Å². The van der Waals surface area contributed by atoms with Gasteiger partial charge in [0, 0.05) is 6.61 Å². The number of hydrogen-bond donors (Lipinski definition) is 3. The van der Waals surface area contributed by atoms with Crippen molar-refractivity contribution in [3.63, 3.8) is 0 Å². The van der Waals surface area contributed by atoms with Crippen LogP contribution >= 0.6 is 0 Å². The molecule has 0 spiro atoms. The van der Waals surface area contributed by atoms with Crippen LogP contribution in [0.4, 0.5) is 0 Å². The Morgan fingerprint density at radius 1 is 1.56 bits per heavy atom. The van der Waals surface area contributed by atoms with Crippen molar-refractivity contribution in [1.82, 2.24) is 5.32 Å². The van der Waals surface area contributed by atoms with Crippen LogP contribution in [0.5, 0.6) is 0 Å². The smallest absolute Gasteiger partial charge is 0.223 e. The standard InChI is InChI=1S/C12H23N3O3/c1-3-12(4-2,11(13)15-17)14-10(16)8-9-6-5-7-18-9/h9,17H,3-8H2,1-2H3,(H2,13,15)(H,14,16). The lowest BCUT2D eigenvalue weighted by molar-refractivity contribution is -0.124. The van der Waals surface area contributed by atoms with Crippen molar-refractivity contribution >= 4 is 11.7 Å². The fraction of sp³-hybridized carbons (Fsp3) is 0.833. The molecule has 1 rings (SSSR count). The van der Waals surface area contributed by atoms with Gasteiger partial charge in [0.2, 0.25) is 5.91 Å². The first-order valence-corrected chi connectivity index (χ1v) is 6.48. The molecule has 1 unspecified atom stereocenters. The minimum atomic E-state index is -0.759. The van der Waals surface area contributed by atoms with Crippen molar-refractivity contribution in [2.45, 2.75) is 57.6 Å². The Bertz CT molecular complexity index is 308. The molecule has 1 atom stereocenters. The molecule has 1 aliphatic heterocycles. The highest BCUT2D eigenvalue weighted by Crippen LogP contribution is 2.19. The van der Waals surface area contributed by atoms with Crippen LogP contribution in [0.3, 0.4) is 0 Å². The van der Waals surface area contributed by atoms with E-state index >= 15 is 0 Å². The molecule has 4 N–H and O–H groups in total. The highest BCUT2D eigenvalue weighted by atomic mass is 16.5. The van der Waals surface area contributed by atoms with Crippen LogP contribution in [0.2, 0.25) is 0 Å². The molecule has 104 valence electrons. The number of hydrogen-bond acceptors (Lipinski definition) is 4. The molecule has 0 aromatic carbocycles. The minimum Gasteiger partial charge on any atom is -0.409 e. The maximum Gasteiger partial charge on any atom is 0.223 e. The van der Waals surface area contributed by atoms with Gasteiger partial charge in [-0.2, -0.15) is 0 Å². The minimum absolute atomic E-state index is 0.00343. The van der Waals surface area contributed by atoms with Gasteiger partial charge in [0.25, 0.3) is 0 Å². The van der Waals surface area contributed by atoms with E-state index in [1.807, 2.05) is 13.8 Å². The second-order valence-electron chi connectivity index (χ2n) is 4.66. The molecule has 6 heteroatoms. The zero-order chi connectivity index (χ0) is 13.6. The Morgan fingerprint density at radius 2 is 2.22 bits per heavy atom. The molecule has 18 heavy (non-hydrogen) atoms. The van der Waals surface area contributed by atoms with E-state index in [2.05, 4.69) is 10.5 Å². The predicted octanol–water partition coefficient (Wildman–Crippen LogP) is 0.977. The second kappa shape index (κ2) is 6.58. The van der Waals surface area contributed by atoms with Crippen molar-refractivity contribution in [3.05, 3.63) is 0 Å². The molecule has 0 saturated carbocycles.